The van der Waals surface area contributed by atoms with Gasteiger partial charge in [-0.2, -0.15) is 8.42 Å². The highest BCUT2D eigenvalue weighted by molar-refractivity contribution is 8.18. The molecule has 1 spiro atoms. The van der Waals surface area contributed by atoms with Crippen LogP contribution in [0.3, 0.4) is 0 Å². The van der Waals surface area contributed by atoms with Gasteiger partial charge in [0.15, 0.2) is 0 Å². The molecule has 4 aliphatic rings. The Kier molecular flexibility index (Phi) is 4.03. The lowest BCUT2D eigenvalue weighted by molar-refractivity contribution is 0.0723. The molecule has 0 N–H and O–H groups in total. The maximum Gasteiger partial charge on any atom is 0.296 e. The summed E-state index contributed by atoms with van der Waals surface area (Å²) in [5.41, 5.74) is 1.15. The van der Waals surface area contributed by atoms with Crippen LogP contribution in [-0.2, 0) is 14.3 Å². The Morgan fingerprint density at radius 1 is 1.17 bits per heavy atom. The van der Waals surface area contributed by atoms with E-state index in [9.17, 15) is 8.42 Å². The number of benzene rings is 1. The van der Waals surface area contributed by atoms with Crippen LogP contribution in [0.15, 0.2) is 29.2 Å². The molecule has 5 rings (SSSR count). The Bertz CT molecular complexity index is 684. The van der Waals surface area contributed by atoms with E-state index < -0.39 is 10.1 Å². The van der Waals surface area contributed by atoms with Gasteiger partial charge < -0.3 is 0 Å². The van der Waals surface area contributed by atoms with Crippen LogP contribution in [0.25, 0.3) is 0 Å². The SMILES string of the molecule is Cc1ccc(S(=O)(=O)OCC23CC(C2)C2(C3)SCCCS2)cc1. The van der Waals surface area contributed by atoms with Crippen LogP contribution < -0.4 is 0 Å². The van der Waals surface area contributed by atoms with Crippen LogP contribution in [0, 0.1) is 18.3 Å². The summed E-state index contributed by atoms with van der Waals surface area (Å²) in [7, 11) is -3.63. The Morgan fingerprint density at radius 2 is 1.83 bits per heavy atom. The standard InChI is InChI=1S/C17H22O3S3/c1-13-3-5-15(6-4-13)23(18,19)20-12-16-9-14(10-16)17(11-16)21-7-2-8-22-17/h3-6,14H,2,7-12H2,1H3. The fourth-order valence-corrected chi connectivity index (χ4v) is 9.10. The molecule has 1 saturated heterocycles. The van der Waals surface area contributed by atoms with E-state index >= 15 is 0 Å². The summed E-state index contributed by atoms with van der Waals surface area (Å²) in [5, 5.41) is 0. The maximum absolute atomic E-state index is 12.4. The molecular formula is C17H22O3S3. The van der Waals surface area contributed by atoms with Crippen molar-refractivity contribution in [2.45, 2.75) is 41.6 Å². The molecule has 1 aliphatic heterocycles. The van der Waals surface area contributed by atoms with Crippen molar-refractivity contribution in [3.05, 3.63) is 29.8 Å². The van der Waals surface area contributed by atoms with Crippen molar-refractivity contribution in [2.24, 2.45) is 11.3 Å². The molecule has 1 aromatic carbocycles. The van der Waals surface area contributed by atoms with Crippen molar-refractivity contribution in [3.63, 3.8) is 0 Å². The van der Waals surface area contributed by atoms with Gasteiger partial charge in [0.2, 0.25) is 0 Å². The second-order valence-corrected chi connectivity index (χ2v) is 11.9. The van der Waals surface area contributed by atoms with Gasteiger partial charge in [-0.1, -0.05) is 17.7 Å². The van der Waals surface area contributed by atoms with Gasteiger partial charge in [0, 0.05) is 0 Å². The van der Waals surface area contributed by atoms with Crippen molar-refractivity contribution in [3.8, 4) is 0 Å². The van der Waals surface area contributed by atoms with E-state index in [1.807, 2.05) is 19.1 Å². The molecular weight excluding hydrogens is 348 g/mol. The van der Waals surface area contributed by atoms with E-state index in [4.69, 9.17) is 4.18 Å². The van der Waals surface area contributed by atoms with E-state index in [-0.39, 0.29) is 10.3 Å². The van der Waals surface area contributed by atoms with Crippen molar-refractivity contribution < 1.29 is 12.6 Å². The largest absolute Gasteiger partial charge is 0.296 e. The molecule has 0 aromatic heterocycles. The first-order chi connectivity index (χ1) is 10.9. The molecule has 126 valence electrons. The van der Waals surface area contributed by atoms with Gasteiger partial charge in [0.1, 0.15) is 0 Å². The molecule has 1 heterocycles. The van der Waals surface area contributed by atoms with Gasteiger partial charge in [-0.3, -0.25) is 4.18 Å². The summed E-state index contributed by atoms with van der Waals surface area (Å²) in [6.07, 6.45) is 4.69. The minimum atomic E-state index is -3.63. The maximum atomic E-state index is 12.4. The minimum absolute atomic E-state index is 0.0970. The van der Waals surface area contributed by atoms with Crippen LogP contribution in [0.4, 0.5) is 0 Å². The zero-order valence-electron chi connectivity index (χ0n) is 13.3. The summed E-state index contributed by atoms with van der Waals surface area (Å²) in [6, 6.07) is 6.89. The normalized spacial score (nSPS) is 32.0. The van der Waals surface area contributed by atoms with E-state index in [1.54, 1.807) is 12.1 Å². The summed E-state index contributed by atoms with van der Waals surface area (Å²) < 4.78 is 30.6. The zero-order valence-corrected chi connectivity index (χ0v) is 15.7. The van der Waals surface area contributed by atoms with Crippen LogP contribution >= 0.6 is 23.5 Å². The lowest BCUT2D eigenvalue weighted by Gasteiger charge is -2.40. The monoisotopic (exact) mass is 370 g/mol. The number of thioether (sulfide) groups is 2. The first-order valence-electron chi connectivity index (χ1n) is 8.17. The summed E-state index contributed by atoms with van der Waals surface area (Å²) in [6.45, 7) is 2.30. The van der Waals surface area contributed by atoms with Gasteiger partial charge in [-0.15, -0.1) is 23.5 Å². The summed E-state index contributed by atoms with van der Waals surface area (Å²) >= 11 is 4.22. The second kappa shape index (κ2) is 5.68. The molecule has 6 heteroatoms. The van der Waals surface area contributed by atoms with Crippen LogP contribution in [0.1, 0.15) is 31.2 Å². The third-order valence-corrected chi connectivity index (χ3v) is 10.3. The summed E-state index contributed by atoms with van der Waals surface area (Å²) in [4.78, 5) is 0.268. The summed E-state index contributed by atoms with van der Waals surface area (Å²) in [5.74, 6) is 3.26. The second-order valence-electron chi connectivity index (χ2n) is 7.17. The molecule has 2 bridgehead atoms. The molecule has 0 radical (unpaired) electrons. The van der Waals surface area contributed by atoms with Gasteiger partial charge in [-0.05, 0) is 67.6 Å². The van der Waals surface area contributed by atoms with E-state index in [2.05, 4.69) is 23.5 Å². The van der Waals surface area contributed by atoms with Crippen molar-refractivity contribution in [1.29, 1.82) is 0 Å². The van der Waals surface area contributed by atoms with Crippen molar-refractivity contribution in [1.82, 2.24) is 0 Å². The number of hydrogen-bond donors (Lipinski definition) is 0. The van der Waals surface area contributed by atoms with Gasteiger partial charge in [0.05, 0.1) is 15.6 Å². The molecule has 23 heavy (non-hydrogen) atoms. The highest BCUT2D eigenvalue weighted by atomic mass is 32.2. The van der Waals surface area contributed by atoms with Crippen molar-refractivity contribution in [2.75, 3.05) is 18.1 Å². The fourth-order valence-electron chi connectivity index (χ4n) is 4.18. The van der Waals surface area contributed by atoms with E-state index in [1.165, 1.54) is 17.9 Å². The lowest BCUT2D eigenvalue weighted by atomic mass is 9.70. The highest BCUT2D eigenvalue weighted by Crippen LogP contribution is 2.72. The van der Waals surface area contributed by atoms with E-state index in [0.29, 0.717) is 10.7 Å². The smallest absolute Gasteiger partial charge is 0.266 e. The Labute approximate surface area is 147 Å². The van der Waals surface area contributed by atoms with Crippen molar-refractivity contribution >= 4 is 33.6 Å². The molecule has 0 amide bonds. The molecule has 4 fully saturated rings. The lowest BCUT2D eigenvalue weighted by Crippen LogP contribution is -2.35. The Balaban J connectivity index is 1.43. The average molecular weight is 371 g/mol. The van der Waals surface area contributed by atoms with Crippen LogP contribution in [-0.4, -0.2) is 30.6 Å². The van der Waals surface area contributed by atoms with Crippen LogP contribution in [0.5, 0.6) is 0 Å². The quantitative estimate of drug-likeness (QED) is 0.748. The number of rotatable bonds is 4. The zero-order chi connectivity index (χ0) is 16.1. The molecule has 0 atom stereocenters. The topological polar surface area (TPSA) is 43.4 Å². The average Bonchev–Trinajstić information content (AvgIpc) is 2.95. The molecule has 3 nitrogen and oxygen atoms in total. The number of hydrogen-bond acceptors (Lipinski definition) is 5. The molecule has 1 aromatic rings. The third kappa shape index (κ3) is 2.86. The fraction of sp³-hybridized carbons (Fsp3) is 0.647. The molecule has 3 aliphatic carbocycles. The van der Waals surface area contributed by atoms with Gasteiger partial charge in [0.25, 0.3) is 10.1 Å². The van der Waals surface area contributed by atoms with Crippen LogP contribution in [0.2, 0.25) is 0 Å². The Hall–Kier alpha value is -0.170. The van der Waals surface area contributed by atoms with Gasteiger partial charge >= 0.3 is 0 Å². The molecule has 0 unspecified atom stereocenters. The first kappa shape index (κ1) is 16.3. The number of aryl methyl sites for hydroxylation is 1. The predicted octanol–water partition coefficient (Wildman–Crippen LogP) is 4.07. The van der Waals surface area contributed by atoms with Gasteiger partial charge in [-0.25, -0.2) is 0 Å². The predicted molar refractivity (Wildman–Crippen MR) is 96.4 cm³/mol. The first-order valence-corrected chi connectivity index (χ1v) is 11.6. The molecule has 3 saturated carbocycles. The minimum Gasteiger partial charge on any atom is -0.266 e. The highest BCUT2D eigenvalue weighted by Gasteiger charge is 2.65. The van der Waals surface area contributed by atoms with E-state index in [0.717, 1.165) is 30.7 Å². The Morgan fingerprint density at radius 3 is 2.48 bits per heavy atom. The third-order valence-electron chi connectivity index (χ3n) is 5.41.